The first-order valence-electron chi connectivity index (χ1n) is 13.9. The molecule has 0 aromatic heterocycles. The minimum Gasteiger partial charge on any atom is -0.382 e. The Labute approximate surface area is 197 Å². The van der Waals surface area contributed by atoms with E-state index in [9.17, 15) is 9.90 Å². The van der Waals surface area contributed by atoms with Gasteiger partial charge in [0.1, 0.15) is 5.60 Å². The van der Waals surface area contributed by atoms with E-state index in [1.54, 1.807) is 0 Å². The Morgan fingerprint density at radius 1 is 0.688 bits per heavy atom. The van der Waals surface area contributed by atoms with Gasteiger partial charge in [0.15, 0.2) is 5.78 Å². The Kier molecular flexibility index (Phi) is 4.85. The lowest BCUT2D eigenvalue weighted by Crippen LogP contribution is -2.69. The number of hydrogen-bond donors (Lipinski definition) is 1. The number of fused-ring (bicyclic) bond motifs is 7. The molecule has 182 valence electrons. The van der Waals surface area contributed by atoms with Crippen LogP contribution >= 0.6 is 0 Å². The molecule has 0 aromatic carbocycles. The van der Waals surface area contributed by atoms with Crippen LogP contribution in [0.5, 0.6) is 0 Å². The average Bonchev–Trinajstić information content (AvgIpc) is 3.06. The van der Waals surface area contributed by atoms with Crippen molar-refractivity contribution in [1.29, 1.82) is 0 Å². The zero-order chi connectivity index (χ0) is 23.5. The fourth-order valence-corrected chi connectivity index (χ4v) is 11.9. The fourth-order valence-electron chi connectivity index (χ4n) is 11.9. The average molecular weight is 443 g/mol. The van der Waals surface area contributed by atoms with E-state index in [-0.39, 0.29) is 16.6 Å². The number of rotatable bonds is 1. The van der Waals surface area contributed by atoms with Crippen molar-refractivity contribution in [2.45, 2.75) is 125 Å². The molecule has 0 heterocycles. The summed E-state index contributed by atoms with van der Waals surface area (Å²) >= 11 is 0. The van der Waals surface area contributed by atoms with Crippen LogP contribution in [0.25, 0.3) is 0 Å². The van der Waals surface area contributed by atoms with E-state index in [1.165, 1.54) is 44.9 Å². The van der Waals surface area contributed by atoms with Crippen molar-refractivity contribution < 1.29 is 9.90 Å². The molecule has 5 aliphatic carbocycles. The third-order valence-corrected chi connectivity index (χ3v) is 14.1. The lowest BCUT2D eigenvalue weighted by atomic mass is 9.31. The zero-order valence-electron chi connectivity index (χ0n) is 22.3. The van der Waals surface area contributed by atoms with Crippen molar-refractivity contribution in [1.82, 2.24) is 0 Å². The van der Waals surface area contributed by atoms with E-state index in [4.69, 9.17) is 0 Å². The lowest BCUT2D eigenvalue weighted by molar-refractivity contribution is -0.260. The maximum atomic E-state index is 12.8. The smallest absolute Gasteiger partial charge is 0.164 e. The first-order chi connectivity index (χ1) is 14.7. The Morgan fingerprint density at radius 3 is 1.81 bits per heavy atom. The first-order valence-corrected chi connectivity index (χ1v) is 13.9. The fraction of sp³-hybridized carbons (Fsp3) is 0.967. The van der Waals surface area contributed by atoms with Crippen LogP contribution in [0.1, 0.15) is 120 Å². The molecule has 10 unspecified atom stereocenters. The van der Waals surface area contributed by atoms with Gasteiger partial charge in [-0.3, -0.25) is 4.79 Å². The molecule has 5 aliphatic rings. The molecule has 2 heteroatoms. The predicted molar refractivity (Wildman–Crippen MR) is 131 cm³/mol. The molecule has 0 saturated heterocycles. The molecule has 1 N–H and O–H groups in total. The van der Waals surface area contributed by atoms with Gasteiger partial charge in [-0.25, -0.2) is 0 Å². The van der Waals surface area contributed by atoms with Crippen molar-refractivity contribution in [2.24, 2.45) is 56.7 Å². The second-order valence-electron chi connectivity index (χ2n) is 14.9. The van der Waals surface area contributed by atoms with Crippen molar-refractivity contribution in [3.63, 3.8) is 0 Å². The molecular formula is C30H50O2. The van der Waals surface area contributed by atoms with E-state index in [2.05, 4.69) is 48.5 Å². The van der Waals surface area contributed by atoms with Crippen molar-refractivity contribution in [3.05, 3.63) is 0 Å². The van der Waals surface area contributed by atoms with Crippen LogP contribution in [0.3, 0.4) is 0 Å². The second-order valence-corrected chi connectivity index (χ2v) is 14.9. The first kappa shape index (κ1) is 23.4. The van der Waals surface area contributed by atoms with Crippen LogP contribution in [0.15, 0.2) is 0 Å². The third-order valence-electron chi connectivity index (χ3n) is 14.1. The molecule has 0 amide bonds. The van der Waals surface area contributed by atoms with Gasteiger partial charge in [-0.1, -0.05) is 48.5 Å². The molecule has 0 spiro atoms. The van der Waals surface area contributed by atoms with Crippen LogP contribution < -0.4 is 0 Å². The van der Waals surface area contributed by atoms with Gasteiger partial charge in [0.05, 0.1) is 0 Å². The van der Waals surface area contributed by atoms with Crippen LogP contribution in [-0.4, -0.2) is 16.5 Å². The highest BCUT2D eigenvalue weighted by molar-refractivity contribution is 5.88. The number of carbonyl (C=O) groups is 1. The zero-order valence-corrected chi connectivity index (χ0v) is 22.3. The summed E-state index contributed by atoms with van der Waals surface area (Å²) in [5, 5.41) is 11.4. The molecular weight excluding hydrogens is 392 g/mol. The normalized spacial score (nSPS) is 59.9. The summed E-state index contributed by atoms with van der Waals surface area (Å²) in [5.41, 5.74) is 0.138. The molecule has 0 radical (unpaired) electrons. The van der Waals surface area contributed by atoms with Gasteiger partial charge in [0.2, 0.25) is 0 Å². The van der Waals surface area contributed by atoms with Gasteiger partial charge < -0.3 is 5.11 Å². The Morgan fingerprint density at radius 2 is 1.22 bits per heavy atom. The summed E-state index contributed by atoms with van der Waals surface area (Å²) in [6.07, 6.45) is 12.0. The number of carbonyl (C=O) groups excluding carboxylic acids is 1. The third kappa shape index (κ3) is 2.45. The van der Waals surface area contributed by atoms with E-state index in [0.717, 1.165) is 36.5 Å². The number of hydrogen-bond acceptors (Lipinski definition) is 2. The highest BCUT2D eigenvalue weighted by atomic mass is 16.3. The summed E-state index contributed by atoms with van der Waals surface area (Å²) in [4.78, 5) is 12.8. The largest absolute Gasteiger partial charge is 0.382 e. The maximum Gasteiger partial charge on any atom is 0.164 e. The van der Waals surface area contributed by atoms with Crippen LogP contribution in [0.4, 0.5) is 0 Å². The minimum atomic E-state index is -1.16. The molecule has 0 bridgehead atoms. The Hall–Kier alpha value is -0.370. The van der Waals surface area contributed by atoms with Crippen LogP contribution in [0.2, 0.25) is 0 Å². The number of aliphatic hydroxyl groups is 1. The molecule has 5 rings (SSSR count). The predicted octanol–water partition coefficient (Wildman–Crippen LogP) is 7.43. The summed E-state index contributed by atoms with van der Waals surface area (Å²) in [7, 11) is 0. The molecule has 0 aliphatic heterocycles. The van der Waals surface area contributed by atoms with Gasteiger partial charge in [0, 0.05) is 11.8 Å². The molecule has 10 atom stereocenters. The van der Waals surface area contributed by atoms with Crippen LogP contribution in [-0.2, 0) is 4.79 Å². The molecule has 5 fully saturated rings. The Bertz CT molecular complexity index is 814. The van der Waals surface area contributed by atoms with Crippen molar-refractivity contribution in [2.75, 3.05) is 0 Å². The van der Waals surface area contributed by atoms with E-state index in [1.807, 2.05) is 6.92 Å². The van der Waals surface area contributed by atoms with Gasteiger partial charge in [-0.2, -0.15) is 0 Å². The van der Waals surface area contributed by atoms with Crippen LogP contribution in [0, 0.1) is 56.7 Å². The van der Waals surface area contributed by atoms with Crippen molar-refractivity contribution >= 4 is 5.78 Å². The highest BCUT2D eigenvalue weighted by Crippen LogP contribution is 2.79. The van der Waals surface area contributed by atoms with Gasteiger partial charge in [-0.05, 0) is 116 Å². The second kappa shape index (κ2) is 6.64. The highest BCUT2D eigenvalue weighted by Gasteiger charge is 2.73. The minimum absolute atomic E-state index is 0.0873. The lowest BCUT2D eigenvalue weighted by Gasteiger charge is -2.74. The summed E-state index contributed by atoms with van der Waals surface area (Å²) in [6.45, 7) is 19.7. The van der Waals surface area contributed by atoms with E-state index in [0.29, 0.717) is 28.6 Å². The molecule has 5 saturated carbocycles. The monoisotopic (exact) mass is 442 g/mol. The van der Waals surface area contributed by atoms with Gasteiger partial charge >= 0.3 is 0 Å². The summed E-state index contributed by atoms with van der Waals surface area (Å²) < 4.78 is 0. The topological polar surface area (TPSA) is 37.3 Å². The summed E-state index contributed by atoms with van der Waals surface area (Å²) in [5.74, 6) is 3.81. The molecule has 2 nitrogen and oxygen atoms in total. The SMILES string of the molecule is CC(C)C1CCC2C1(C)CCC1(C)C3CCC4(C)C(CCC(=O)C4(C)O)C3(C)CCC21C. The van der Waals surface area contributed by atoms with Crippen molar-refractivity contribution in [3.8, 4) is 0 Å². The van der Waals surface area contributed by atoms with E-state index >= 15 is 0 Å². The standard InChI is InChI=1S/C30H50O2/c1-19(2)20-9-10-21-25(20,3)15-17-28(6)23-13-14-29(7)22(11-12-24(31)30(29,8)32)26(23,4)16-18-27(21,28)5/h19-23,32H,9-18H2,1-8H3. The quantitative estimate of drug-likeness (QED) is 0.458. The maximum absolute atomic E-state index is 12.8. The number of Topliss-reactive ketones (excluding diaryl/α,β-unsaturated/α-hetero) is 1. The Balaban J connectivity index is 1.54. The number of ketones is 1. The molecule has 32 heavy (non-hydrogen) atoms. The molecule has 0 aromatic rings. The van der Waals surface area contributed by atoms with E-state index < -0.39 is 5.60 Å². The summed E-state index contributed by atoms with van der Waals surface area (Å²) in [6, 6.07) is 0. The van der Waals surface area contributed by atoms with Gasteiger partial charge in [0.25, 0.3) is 0 Å². The van der Waals surface area contributed by atoms with Gasteiger partial charge in [-0.15, -0.1) is 0 Å².